The van der Waals surface area contributed by atoms with Gasteiger partial charge >= 0.3 is 0 Å². The van der Waals surface area contributed by atoms with Crippen molar-refractivity contribution in [3.63, 3.8) is 0 Å². The van der Waals surface area contributed by atoms with Gasteiger partial charge in [0.05, 0.1) is 13.2 Å². The lowest BCUT2D eigenvalue weighted by molar-refractivity contribution is -0.167. The van der Waals surface area contributed by atoms with Crippen molar-refractivity contribution < 1.29 is 24.5 Å². The first-order valence-corrected chi connectivity index (χ1v) is 5.41. The third-order valence-corrected chi connectivity index (χ3v) is 1.97. The molecule has 0 radical (unpaired) electrons. The van der Waals surface area contributed by atoms with Crippen LogP contribution in [0.3, 0.4) is 0 Å². The molecule has 1 rings (SSSR count). The number of aliphatic carboxylic acids is 1. The molecule has 16 heavy (non-hydrogen) atoms. The zero-order chi connectivity index (χ0) is 12.8. The van der Waals surface area contributed by atoms with E-state index in [9.17, 15) is 0 Å². The Morgan fingerprint density at radius 2 is 2.06 bits per heavy atom. The highest BCUT2D eigenvalue weighted by Crippen LogP contribution is 2.29. The fourth-order valence-electron chi connectivity index (χ4n) is 1.63. The minimum absolute atomic E-state index is 0.0493. The van der Waals surface area contributed by atoms with Crippen molar-refractivity contribution in [2.75, 3.05) is 13.2 Å². The van der Waals surface area contributed by atoms with Gasteiger partial charge in [0, 0.05) is 13.3 Å². The molecule has 0 bridgehead atoms. The zero-order valence-electron chi connectivity index (χ0n) is 10.4. The van der Waals surface area contributed by atoms with E-state index in [1.165, 1.54) is 0 Å². The van der Waals surface area contributed by atoms with Gasteiger partial charge in [-0.05, 0) is 12.8 Å². The topological polar surface area (TPSA) is 76.0 Å². The van der Waals surface area contributed by atoms with Crippen molar-refractivity contribution in [2.24, 2.45) is 5.92 Å². The lowest BCUT2D eigenvalue weighted by Crippen LogP contribution is -2.29. The highest BCUT2D eigenvalue weighted by molar-refractivity contribution is 5.62. The molecule has 0 aliphatic carbocycles. The van der Waals surface area contributed by atoms with Gasteiger partial charge in [-0.1, -0.05) is 13.8 Å². The van der Waals surface area contributed by atoms with Crippen LogP contribution in [0.15, 0.2) is 0 Å². The molecule has 5 heteroatoms. The Morgan fingerprint density at radius 1 is 1.56 bits per heavy atom. The Balaban J connectivity index is 0.000000487. The molecule has 0 aromatic heterocycles. The summed E-state index contributed by atoms with van der Waals surface area (Å²) in [5.41, 5.74) is 0. The number of rotatable bonds is 3. The molecule has 5 nitrogen and oxygen atoms in total. The van der Waals surface area contributed by atoms with E-state index in [1.54, 1.807) is 0 Å². The van der Waals surface area contributed by atoms with E-state index in [0.717, 1.165) is 13.3 Å². The van der Waals surface area contributed by atoms with E-state index in [-0.39, 0.29) is 12.7 Å². The second-order valence-electron chi connectivity index (χ2n) is 4.48. The van der Waals surface area contributed by atoms with Crippen LogP contribution in [0.5, 0.6) is 0 Å². The summed E-state index contributed by atoms with van der Waals surface area (Å²) in [6.45, 7) is 7.84. The predicted octanol–water partition coefficient (Wildman–Crippen LogP) is 1.25. The van der Waals surface area contributed by atoms with E-state index >= 15 is 0 Å². The Morgan fingerprint density at radius 3 is 2.38 bits per heavy atom. The minimum atomic E-state index is -0.833. The SMILES string of the molecule is CC(=O)O.CC(C)CC1(C)OCC(CO)O1. The van der Waals surface area contributed by atoms with Crippen LogP contribution >= 0.6 is 0 Å². The number of carboxylic acid groups (broad SMARTS) is 1. The van der Waals surface area contributed by atoms with E-state index < -0.39 is 11.8 Å². The van der Waals surface area contributed by atoms with Crippen LogP contribution in [0.4, 0.5) is 0 Å². The number of ether oxygens (including phenoxy) is 2. The highest BCUT2D eigenvalue weighted by atomic mass is 16.7. The number of hydrogen-bond donors (Lipinski definition) is 2. The largest absolute Gasteiger partial charge is 0.481 e. The molecule has 2 unspecified atom stereocenters. The van der Waals surface area contributed by atoms with Gasteiger partial charge in [0.2, 0.25) is 0 Å². The molecule has 1 heterocycles. The Hall–Kier alpha value is -0.650. The van der Waals surface area contributed by atoms with E-state index in [4.69, 9.17) is 24.5 Å². The van der Waals surface area contributed by atoms with Crippen molar-refractivity contribution in [2.45, 2.75) is 46.0 Å². The summed E-state index contributed by atoms with van der Waals surface area (Å²) in [4.78, 5) is 9.00. The second-order valence-corrected chi connectivity index (χ2v) is 4.48. The molecule has 1 saturated heterocycles. The average molecular weight is 234 g/mol. The van der Waals surface area contributed by atoms with Crippen LogP contribution in [0.25, 0.3) is 0 Å². The summed E-state index contributed by atoms with van der Waals surface area (Å²) in [5, 5.41) is 16.2. The Bertz CT molecular complexity index is 212. The van der Waals surface area contributed by atoms with Crippen molar-refractivity contribution >= 4 is 5.97 Å². The number of carboxylic acids is 1. The van der Waals surface area contributed by atoms with Gasteiger partial charge in [0.15, 0.2) is 5.79 Å². The molecule has 0 amide bonds. The minimum Gasteiger partial charge on any atom is -0.481 e. The van der Waals surface area contributed by atoms with E-state index in [1.807, 2.05) is 6.92 Å². The highest BCUT2D eigenvalue weighted by Gasteiger charge is 2.37. The molecule has 0 aromatic carbocycles. The van der Waals surface area contributed by atoms with E-state index in [2.05, 4.69) is 13.8 Å². The Kier molecular flexibility index (Phi) is 6.55. The fourth-order valence-corrected chi connectivity index (χ4v) is 1.63. The van der Waals surface area contributed by atoms with Gasteiger partial charge < -0.3 is 19.7 Å². The van der Waals surface area contributed by atoms with E-state index in [0.29, 0.717) is 12.5 Å². The quantitative estimate of drug-likeness (QED) is 0.768. The molecule has 0 saturated carbocycles. The standard InChI is InChI=1S/C9H18O3.C2H4O2/c1-7(2)4-9(3)11-6-8(5-10)12-9;1-2(3)4/h7-8,10H,4-6H2,1-3H3;1H3,(H,3,4). The molecule has 2 N–H and O–H groups in total. The van der Waals surface area contributed by atoms with Gasteiger partial charge in [-0.3, -0.25) is 4.79 Å². The molecule has 1 aliphatic rings. The lowest BCUT2D eigenvalue weighted by atomic mass is 10.0. The summed E-state index contributed by atoms with van der Waals surface area (Å²) in [6, 6.07) is 0. The predicted molar refractivity (Wildman–Crippen MR) is 59.1 cm³/mol. The second kappa shape index (κ2) is 6.83. The summed E-state index contributed by atoms with van der Waals surface area (Å²) in [7, 11) is 0. The van der Waals surface area contributed by atoms with Crippen LogP contribution in [-0.2, 0) is 14.3 Å². The fraction of sp³-hybridized carbons (Fsp3) is 0.909. The van der Waals surface area contributed by atoms with Crippen LogP contribution in [0.1, 0.15) is 34.1 Å². The number of carbonyl (C=O) groups is 1. The van der Waals surface area contributed by atoms with Gasteiger partial charge in [0.1, 0.15) is 6.10 Å². The molecule has 1 fully saturated rings. The van der Waals surface area contributed by atoms with Crippen LogP contribution < -0.4 is 0 Å². The van der Waals surface area contributed by atoms with Crippen LogP contribution in [0.2, 0.25) is 0 Å². The van der Waals surface area contributed by atoms with Crippen molar-refractivity contribution in [3.05, 3.63) is 0 Å². The van der Waals surface area contributed by atoms with Crippen LogP contribution in [0, 0.1) is 5.92 Å². The van der Waals surface area contributed by atoms with Gasteiger partial charge in [0.25, 0.3) is 5.97 Å². The van der Waals surface area contributed by atoms with Gasteiger partial charge in [-0.2, -0.15) is 0 Å². The first-order chi connectivity index (χ1) is 7.29. The maximum Gasteiger partial charge on any atom is 0.300 e. The maximum absolute atomic E-state index is 9.00. The maximum atomic E-state index is 9.00. The lowest BCUT2D eigenvalue weighted by Gasteiger charge is -2.24. The summed E-state index contributed by atoms with van der Waals surface area (Å²) < 4.78 is 11.0. The van der Waals surface area contributed by atoms with Crippen molar-refractivity contribution in [1.29, 1.82) is 0 Å². The third kappa shape index (κ3) is 6.76. The summed E-state index contributed by atoms with van der Waals surface area (Å²) >= 11 is 0. The normalized spacial score (nSPS) is 28.8. The summed E-state index contributed by atoms with van der Waals surface area (Å²) in [5.74, 6) is -0.755. The van der Waals surface area contributed by atoms with Gasteiger partial charge in [-0.25, -0.2) is 0 Å². The molecule has 0 aromatic rings. The van der Waals surface area contributed by atoms with Gasteiger partial charge in [-0.15, -0.1) is 0 Å². The molecule has 96 valence electrons. The molecule has 1 aliphatic heterocycles. The molecular formula is C11H22O5. The van der Waals surface area contributed by atoms with Crippen LogP contribution in [-0.4, -0.2) is 41.3 Å². The molecular weight excluding hydrogens is 212 g/mol. The first-order valence-electron chi connectivity index (χ1n) is 5.41. The first kappa shape index (κ1) is 15.3. The number of aliphatic hydroxyl groups excluding tert-OH is 1. The zero-order valence-corrected chi connectivity index (χ0v) is 10.4. The smallest absolute Gasteiger partial charge is 0.300 e. The number of hydrogen-bond acceptors (Lipinski definition) is 4. The monoisotopic (exact) mass is 234 g/mol. The van der Waals surface area contributed by atoms with Crippen molar-refractivity contribution in [3.8, 4) is 0 Å². The number of aliphatic hydroxyl groups is 1. The third-order valence-electron chi connectivity index (χ3n) is 1.97. The summed E-state index contributed by atoms with van der Waals surface area (Å²) in [6.07, 6.45) is 0.748. The average Bonchev–Trinajstić information content (AvgIpc) is 2.44. The Labute approximate surface area is 96.4 Å². The molecule has 0 spiro atoms. The van der Waals surface area contributed by atoms with Crippen molar-refractivity contribution in [1.82, 2.24) is 0 Å². The molecule has 2 atom stereocenters.